The molecule has 0 saturated carbocycles. The highest BCUT2D eigenvalue weighted by Crippen LogP contribution is 2.33. The Morgan fingerprint density at radius 3 is 2.57 bits per heavy atom. The second-order valence-corrected chi connectivity index (χ2v) is 6.24. The number of carbonyl (C=O) groups is 1. The van der Waals surface area contributed by atoms with Gasteiger partial charge in [-0.3, -0.25) is 0 Å². The molecule has 0 radical (unpaired) electrons. The Labute approximate surface area is 136 Å². The van der Waals surface area contributed by atoms with Gasteiger partial charge in [0.1, 0.15) is 29.1 Å². The standard InChI is InChI=1S/C15H17F2N3O2S/c1-8(2)13-14(20-12(19-13)3-4-22-15(18)21)23-11-6-9(16)5-10(17)7-11/h5-8H,3-4H2,1-2H3,(H2,18,21)(H,19,20). The van der Waals surface area contributed by atoms with Gasteiger partial charge in [0.2, 0.25) is 0 Å². The third kappa shape index (κ3) is 4.95. The average molecular weight is 341 g/mol. The maximum Gasteiger partial charge on any atom is 0.404 e. The van der Waals surface area contributed by atoms with Crippen LogP contribution in [0.15, 0.2) is 28.1 Å². The van der Waals surface area contributed by atoms with E-state index in [1.165, 1.54) is 23.9 Å². The molecule has 0 spiro atoms. The van der Waals surface area contributed by atoms with Gasteiger partial charge < -0.3 is 15.5 Å². The largest absolute Gasteiger partial charge is 0.449 e. The smallest absolute Gasteiger partial charge is 0.404 e. The van der Waals surface area contributed by atoms with E-state index >= 15 is 0 Å². The lowest BCUT2D eigenvalue weighted by atomic mass is 10.2. The molecule has 1 amide bonds. The third-order valence-corrected chi connectivity index (χ3v) is 3.93. The summed E-state index contributed by atoms with van der Waals surface area (Å²) in [6.07, 6.45) is -0.466. The van der Waals surface area contributed by atoms with Crippen molar-refractivity contribution in [2.75, 3.05) is 6.61 Å². The van der Waals surface area contributed by atoms with Crippen LogP contribution >= 0.6 is 11.8 Å². The highest BCUT2D eigenvalue weighted by Gasteiger charge is 2.15. The molecule has 8 heteroatoms. The maximum absolute atomic E-state index is 13.3. The Hall–Kier alpha value is -2.09. The van der Waals surface area contributed by atoms with Crippen molar-refractivity contribution >= 4 is 17.9 Å². The van der Waals surface area contributed by atoms with Crippen molar-refractivity contribution in [3.63, 3.8) is 0 Å². The number of rotatable bonds is 6. The fraction of sp³-hybridized carbons (Fsp3) is 0.333. The molecule has 0 bridgehead atoms. The summed E-state index contributed by atoms with van der Waals surface area (Å²) in [7, 11) is 0. The number of H-pyrrole nitrogens is 1. The number of halogens is 2. The van der Waals surface area contributed by atoms with Crippen molar-refractivity contribution in [3.05, 3.63) is 41.4 Å². The van der Waals surface area contributed by atoms with Crippen LogP contribution in [0.3, 0.4) is 0 Å². The Morgan fingerprint density at radius 1 is 1.35 bits per heavy atom. The molecule has 2 rings (SSSR count). The Bertz CT molecular complexity index is 684. The molecule has 2 aromatic rings. The van der Waals surface area contributed by atoms with E-state index in [4.69, 9.17) is 5.73 Å². The molecule has 0 fully saturated rings. The molecule has 1 aromatic carbocycles. The predicted octanol–water partition coefficient (Wildman–Crippen LogP) is 3.60. The highest BCUT2D eigenvalue weighted by molar-refractivity contribution is 7.99. The molecule has 0 saturated heterocycles. The first kappa shape index (κ1) is 17.3. The van der Waals surface area contributed by atoms with E-state index in [2.05, 4.69) is 14.7 Å². The van der Waals surface area contributed by atoms with Crippen LogP contribution in [0.1, 0.15) is 31.3 Å². The van der Waals surface area contributed by atoms with E-state index in [1.807, 2.05) is 13.8 Å². The highest BCUT2D eigenvalue weighted by atomic mass is 32.2. The van der Waals surface area contributed by atoms with Crippen molar-refractivity contribution in [1.82, 2.24) is 9.97 Å². The van der Waals surface area contributed by atoms with Crippen molar-refractivity contribution in [3.8, 4) is 0 Å². The molecule has 124 valence electrons. The normalized spacial score (nSPS) is 11.0. The summed E-state index contributed by atoms with van der Waals surface area (Å²) in [5.41, 5.74) is 5.76. The number of aromatic amines is 1. The van der Waals surface area contributed by atoms with E-state index < -0.39 is 17.7 Å². The Morgan fingerprint density at radius 2 is 2.00 bits per heavy atom. The summed E-state index contributed by atoms with van der Waals surface area (Å²) >= 11 is 1.18. The number of hydrogen-bond acceptors (Lipinski definition) is 4. The van der Waals surface area contributed by atoms with Crippen LogP contribution in [0.4, 0.5) is 13.6 Å². The number of nitrogens with one attached hydrogen (secondary N) is 1. The molecule has 3 N–H and O–H groups in total. The number of ether oxygens (including phenoxy) is 1. The molecule has 23 heavy (non-hydrogen) atoms. The fourth-order valence-electron chi connectivity index (χ4n) is 1.95. The third-order valence-electron chi connectivity index (χ3n) is 2.96. The van der Waals surface area contributed by atoms with Crippen LogP contribution in [0.2, 0.25) is 0 Å². The van der Waals surface area contributed by atoms with E-state index in [9.17, 15) is 13.6 Å². The van der Waals surface area contributed by atoms with Gasteiger partial charge in [0.25, 0.3) is 0 Å². The quantitative estimate of drug-likeness (QED) is 0.841. The molecule has 0 aliphatic heterocycles. The first-order valence-corrected chi connectivity index (χ1v) is 7.81. The van der Waals surface area contributed by atoms with Crippen LogP contribution in [0.25, 0.3) is 0 Å². The van der Waals surface area contributed by atoms with Crippen LogP contribution in [-0.4, -0.2) is 22.7 Å². The van der Waals surface area contributed by atoms with Gasteiger partial charge in [-0.15, -0.1) is 0 Å². The Balaban J connectivity index is 2.19. The molecule has 0 atom stereocenters. The minimum Gasteiger partial charge on any atom is -0.449 e. The Kier molecular flexibility index (Phi) is 5.59. The fourth-order valence-corrected chi connectivity index (χ4v) is 3.07. The van der Waals surface area contributed by atoms with Gasteiger partial charge in [-0.25, -0.2) is 18.6 Å². The summed E-state index contributed by atoms with van der Waals surface area (Å²) in [6, 6.07) is 3.33. The van der Waals surface area contributed by atoms with Crippen LogP contribution in [0, 0.1) is 11.6 Å². The number of nitrogens with two attached hydrogens (primary N) is 1. The molecule has 1 aromatic heterocycles. The van der Waals surface area contributed by atoms with Gasteiger partial charge in [0.05, 0.1) is 5.69 Å². The molecular weight excluding hydrogens is 324 g/mol. The molecule has 0 unspecified atom stereocenters. The lowest BCUT2D eigenvalue weighted by Gasteiger charge is -2.05. The number of imidazole rings is 1. The monoisotopic (exact) mass is 341 g/mol. The number of aromatic nitrogens is 2. The zero-order valence-electron chi connectivity index (χ0n) is 12.7. The molecule has 0 aliphatic carbocycles. The van der Waals surface area contributed by atoms with Crippen LogP contribution in [-0.2, 0) is 11.2 Å². The van der Waals surface area contributed by atoms with Crippen molar-refractivity contribution in [2.24, 2.45) is 5.73 Å². The first-order valence-electron chi connectivity index (χ1n) is 7.00. The lowest BCUT2D eigenvalue weighted by Crippen LogP contribution is -2.15. The second kappa shape index (κ2) is 7.45. The van der Waals surface area contributed by atoms with Gasteiger partial charge in [-0.2, -0.15) is 0 Å². The summed E-state index contributed by atoms with van der Waals surface area (Å²) in [5, 5.41) is 0.638. The SMILES string of the molecule is CC(C)c1[nH]c(CCOC(N)=O)nc1Sc1cc(F)cc(F)c1. The molecule has 5 nitrogen and oxygen atoms in total. The predicted molar refractivity (Wildman–Crippen MR) is 82.4 cm³/mol. The van der Waals surface area contributed by atoms with E-state index in [0.29, 0.717) is 22.2 Å². The first-order chi connectivity index (χ1) is 10.8. The second-order valence-electron chi connectivity index (χ2n) is 5.18. The van der Waals surface area contributed by atoms with Gasteiger partial charge >= 0.3 is 6.09 Å². The number of hydrogen-bond donors (Lipinski definition) is 2. The van der Waals surface area contributed by atoms with Crippen molar-refractivity contribution in [2.45, 2.75) is 36.1 Å². The average Bonchev–Trinajstić information content (AvgIpc) is 2.80. The zero-order valence-corrected chi connectivity index (χ0v) is 13.5. The van der Waals surface area contributed by atoms with E-state index in [1.54, 1.807) is 0 Å². The minimum atomic E-state index is -0.842. The van der Waals surface area contributed by atoms with Crippen LogP contribution in [0.5, 0.6) is 0 Å². The number of carbonyl (C=O) groups excluding carboxylic acids is 1. The number of nitrogens with zero attached hydrogens (tertiary/aromatic N) is 1. The topological polar surface area (TPSA) is 81.0 Å². The van der Waals surface area contributed by atoms with Crippen LogP contribution < -0.4 is 5.73 Å². The summed E-state index contributed by atoms with van der Waals surface area (Å²) in [5.74, 6) is -0.503. The molecular formula is C15H17F2N3O2S. The van der Waals surface area contributed by atoms with Crippen molar-refractivity contribution < 1.29 is 18.3 Å². The lowest BCUT2D eigenvalue weighted by molar-refractivity contribution is 0.157. The number of amides is 1. The van der Waals surface area contributed by atoms with E-state index in [-0.39, 0.29) is 12.5 Å². The number of benzene rings is 1. The maximum atomic E-state index is 13.3. The summed E-state index contributed by atoms with van der Waals surface area (Å²) in [6.45, 7) is 4.07. The van der Waals surface area contributed by atoms with Crippen molar-refractivity contribution in [1.29, 1.82) is 0 Å². The van der Waals surface area contributed by atoms with E-state index in [0.717, 1.165) is 11.8 Å². The summed E-state index contributed by atoms with van der Waals surface area (Å²) in [4.78, 5) is 18.6. The minimum absolute atomic E-state index is 0.110. The number of primary amides is 1. The molecule has 1 heterocycles. The van der Waals surface area contributed by atoms with Gasteiger partial charge in [0, 0.05) is 17.4 Å². The van der Waals surface area contributed by atoms with Gasteiger partial charge in [-0.1, -0.05) is 25.6 Å². The summed E-state index contributed by atoms with van der Waals surface area (Å²) < 4.78 is 31.3. The zero-order chi connectivity index (χ0) is 17.0. The van der Waals surface area contributed by atoms with Gasteiger partial charge in [0.15, 0.2) is 0 Å². The molecule has 0 aliphatic rings. The van der Waals surface area contributed by atoms with Gasteiger partial charge in [-0.05, 0) is 18.1 Å².